The number of aryl methyl sites for hydroxylation is 1. The van der Waals surface area contributed by atoms with Crippen molar-refractivity contribution in [2.75, 3.05) is 15.5 Å². The van der Waals surface area contributed by atoms with Crippen LogP contribution in [0.4, 0.5) is 23.0 Å². The van der Waals surface area contributed by atoms with Crippen LogP contribution in [0.25, 0.3) is 0 Å². The summed E-state index contributed by atoms with van der Waals surface area (Å²) in [6.07, 6.45) is 3.21. The van der Waals surface area contributed by atoms with Crippen LogP contribution in [0.5, 0.6) is 0 Å². The smallest absolute Gasteiger partial charge is 0.260 e. The first-order valence-corrected chi connectivity index (χ1v) is 10.5. The lowest BCUT2D eigenvalue weighted by Crippen LogP contribution is -2.30. The van der Waals surface area contributed by atoms with Gasteiger partial charge in [-0.15, -0.1) is 0 Å². The topological polar surface area (TPSA) is 87.2 Å². The number of amides is 2. The van der Waals surface area contributed by atoms with Crippen LogP contribution >= 0.6 is 0 Å². The van der Waals surface area contributed by atoms with E-state index in [-0.39, 0.29) is 11.8 Å². The SMILES string of the molecule is Cc1ccccc1C(=O)Nc1ccc(C(=O)N2Cc3cccnc3Nc3ccccc32)cn1. The molecule has 162 valence electrons. The molecule has 2 amide bonds. The zero-order valence-electron chi connectivity index (χ0n) is 17.9. The highest BCUT2D eigenvalue weighted by Gasteiger charge is 2.25. The number of benzene rings is 2. The highest BCUT2D eigenvalue weighted by molar-refractivity contribution is 6.09. The number of hydrogen-bond donors (Lipinski definition) is 2. The molecule has 0 fully saturated rings. The van der Waals surface area contributed by atoms with Crippen LogP contribution in [-0.4, -0.2) is 21.8 Å². The van der Waals surface area contributed by atoms with Crippen molar-refractivity contribution in [1.29, 1.82) is 0 Å². The highest BCUT2D eigenvalue weighted by atomic mass is 16.2. The molecule has 33 heavy (non-hydrogen) atoms. The lowest BCUT2D eigenvalue weighted by atomic mass is 10.1. The molecule has 4 aromatic rings. The predicted octanol–water partition coefficient (Wildman–Crippen LogP) is 4.94. The Labute approximate surface area is 191 Å². The van der Waals surface area contributed by atoms with Crippen LogP contribution in [0.15, 0.2) is 85.2 Å². The van der Waals surface area contributed by atoms with Gasteiger partial charge in [-0.3, -0.25) is 9.59 Å². The Kier molecular flexibility index (Phi) is 5.28. The van der Waals surface area contributed by atoms with E-state index in [1.165, 1.54) is 6.20 Å². The summed E-state index contributed by atoms with van der Waals surface area (Å²) in [5.74, 6) is 0.682. The Balaban J connectivity index is 1.40. The molecule has 0 bridgehead atoms. The lowest BCUT2D eigenvalue weighted by Gasteiger charge is -2.22. The third-order valence-corrected chi connectivity index (χ3v) is 5.55. The monoisotopic (exact) mass is 435 g/mol. The standard InChI is InChI=1S/C26H21N5O2/c1-17-7-2-3-9-20(17)25(32)30-23-13-12-18(15-28-23)26(33)31-16-19-8-6-14-27-24(19)29-21-10-4-5-11-22(21)31/h2-15H,16H2,1H3,(H,27,29)(H,28,30,32). The Morgan fingerprint density at radius 2 is 1.76 bits per heavy atom. The summed E-state index contributed by atoms with van der Waals surface area (Å²) in [5.41, 5.74) is 4.37. The number of aromatic nitrogens is 2. The minimum Gasteiger partial charge on any atom is -0.338 e. The van der Waals surface area contributed by atoms with Gasteiger partial charge in [-0.05, 0) is 48.9 Å². The number of hydrogen-bond acceptors (Lipinski definition) is 5. The summed E-state index contributed by atoms with van der Waals surface area (Å²) in [7, 11) is 0. The molecule has 3 heterocycles. The molecule has 1 aliphatic heterocycles. The molecule has 0 radical (unpaired) electrons. The van der Waals surface area contributed by atoms with Gasteiger partial charge in [-0.25, -0.2) is 9.97 Å². The maximum atomic E-state index is 13.5. The van der Waals surface area contributed by atoms with E-state index in [9.17, 15) is 9.59 Å². The van der Waals surface area contributed by atoms with Crippen molar-refractivity contribution in [3.8, 4) is 0 Å². The molecule has 2 aromatic carbocycles. The zero-order chi connectivity index (χ0) is 22.8. The van der Waals surface area contributed by atoms with Crippen LogP contribution in [0.1, 0.15) is 31.8 Å². The number of carbonyl (C=O) groups excluding carboxylic acids is 2. The van der Waals surface area contributed by atoms with Gasteiger partial charge in [0.15, 0.2) is 0 Å². The normalized spacial score (nSPS) is 12.1. The van der Waals surface area contributed by atoms with Crippen molar-refractivity contribution < 1.29 is 9.59 Å². The van der Waals surface area contributed by atoms with Gasteiger partial charge in [-0.1, -0.05) is 36.4 Å². The van der Waals surface area contributed by atoms with Gasteiger partial charge in [0.05, 0.1) is 23.5 Å². The average molecular weight is 435 g/mol. The number of fused-ring (bicyclic) bond motifs is 2. The van der Waals surface area contributed by atoms with Crippen LogP contribution in [-0.2, 0) is 6.54 Å². The third kappa shape index (κ3) is 4.04. The highest BCUT2D eigenvalue weighted by Crippen LogP contribution is 2.35. The molecule has 7 nitrogen and oxygen atoms in total. The van der Waals surface area contributed by atoms with E-state index in [2.05, 4.69) is 20.6 Å². The van der Waals surface area contributed by atoms with Crippen LogP contribution in [0.3, 0.4) is 0 Å². The number of carbonyl (C=O) groups is 2. The first-order chi connectivity index (χ1) is 16.1. The number of para-hydroxylation sites is 2. The fraction of sp³-hybridized carbons (Fsp3) is 0.0769. The first kappa shape index (κ1) is 20.4. The molecule has 7 heteroatoms. The quantitative estimate of drug-likeness (QED) is 0.476. The first-order valence-electron chi connectivity index (χ1n) is 10.5. The van der Waals surface area contributed by atoms with Gasteiger partial charge < -0.3 is 15.5 Å². The maximum Gasteiger partial charge on any atom is 0.260 e. The zero-order valence-corrected chi connectivity index (χ0v) is 17.9. The van der Waals surface area contributed by atoms with E-state index >= 15 is 0 Å². The minimum atomic E-state index is -0.240. The van der Waals surface area contributed by atoms with E-state index in [0.717, 1.165) is 28.3 Å². The summed E-state index contributed by atoms with van der Waals surface area (Å²) < 4.78 is 0. The second kappa shape index (κ2) is 8.55. The number of nitrogens with one attached hydrogen (secondary N) is 2. The summed E-state index contributed by atoms with van der Waals surface area (Å²) in [4.78, 5) is 36.5. The number of pyridine rings is 2. The molecule has 0 spiro atoms. The molecular weight excluding hydrogens is 414 g/mol. The van der Waals surface area contributed by atoms with E-state index < -0.39 is 0 Å². The number of nitrogens with zero attached hydrogens (tertiary/aromatic N) is 3. The molecule has 0 unspecified atom stereocenters. The van der Waals surface area contributed by atoms with E-state index in [0.29, 0.717) is 23.5 Å². The van der Waals surface area contributed by atoms with E-state index in [1.54, 1.807) is 29.3 Å². The second-order valence-corrected chi connectivity index (χ2v) is 7.75. The average Bonchev–Trinajstić information content (AvgIpc) is 3.01. The Hall–Kier alpha value is -4.52. The van der Waals surface area contributed by atoms with Crippen molar-refractivity contribution in [2.45, 2.75) is 13.5 Å². The summed E-state index contributed by atoms with van der Waals surface area (Å²) in [5, 5.41) is 6.11. The Morgan fingerprint density at radius 3 is 2.58 bits per heavy atom. The van der Waals surface area contributed by atoms with Crippen molar-refractivity contribution in [1.82, 2.24) is 9.97 Å². The van der Waals surface area contributed by atoms with Crippen molar-refractivity contribution in [2.24, 2.45) is 0 Å². The van der Waals surface area contributed by atoms with Gasteiger partial charge in [-0.2, -0.15) is 0 Å². The second-order valence-electron chi connectivity index (χ2n) is 7.75. The summed E-state index contributed by atoms with van der Waals surface area (Å²) in [6.45, 7) is 2.25. The molecule has 0 atom stereocenters. The van der Waals surface area contributed by atoms with Crippen molar-refractivity contribution in [3.63, 3.8) is 0 Å². The molecule has 0 saturated heterocycles. The van der Waals surface area contributed by atoms with Gasteiger partial charge in [0, 0.05) is 23.5 Å². The molecule has 5 rings (SSSR count). The lowest BCUT2D eigenvalue weighted by molar-refractivity contribution is 0.0984. The molecule has 0 aliphatic carbocycles. The van der Waals surface area contributed by atoms with E-state index in [1.807, 2.05) is 61.5 Å². The number of anilines is 4. The third-order valence-electron chi connectivity index (χ3n) is 5.55. The summed E-state index contributed by atoms with van der Waals surface area (Å²) >= 11 is 0. The fourth-order valence-electron chi connectivity index (χ4n) is 3.82. The number of rotatable bonds is 3. The van der Waals surface area contributed by atoms with Crippen LogP contribution < -0.4 is 15.5 Å². The van der Waals surface area contributed by atoms with Crippen LogP contribution in [0, 0.1) is 6.92 Å². The van der Waals surface area contributed by atoms with Gasteiger partial charge in [0.1, 0.15) is 11.6 Å². The molecule has 0 saturated carbocycles. The Morgan fingerprint density at radius 1 is 0.939 bits per heavy atom. The molecule has 1 aliphatic rings. The van der Waals surface area contributed by atoms with Crippen LogP contribution in [0.2, 0.25) is 0 Å². The molecule has 2 aromatic heterocycles. The molecular formula is C26H21N5O2. The summed E-state index contributed by atoms with van der Waals surface area (Å²) in [6, 6.07) is 22.1. The largest absolute Gasteiger partial charge is 0.338 e. The fourth-order valence-corrected chi connectivity index (χ4v) is 3.82. The van der Waals surface area contributed by atoms with Gasteiger partial charge in [0.2, 0.25) is 0 Å². The molecule has 2 N–H and O–H groups in total. The Bertz CT molecular complexity index is 1350. The minimum absolute atomic E-state index is 0.190. The maximum absolute atomic E-state index is 13.5. The van der Waals surface area contributed by atoms with Crippen molar-refractivity contribution in [3.05, 3.63) is 107 Å². The van der Waals surface area contributed by atoms with Gasteiger partial charge >= 0.3 is 0 Å². The van der Waals surface area contributed by atoms with Crippen molar-refractivity contribution >= 4 is 34.8 Å². The van der Waals surface area contributed by atoms with E-state index in [4.69, 9.17) is 0 Å². The predicted molar refractivity (Wildman–Crippen MR) is 128 cm³/mol. The van der Waals surface area contributed by atoms with Gasteiger partial charge in [0.25, 0.3) is 11.8 Å².